The first kappa shape index (κ1) is 16.4. The molecule has 1 amide bonds. The molecular weight excluding hydrogens is 346 g/mol. The number of hydrogen-bond donors (Lipinski definition) is 1. The molecule has 3 aromatic rings. The van der Waals surface area contributed by atoms with Crippen molar-refractivity contribution in [3.63, 3.8) is 0 Å². The third-order valence-corrected chi connectivity index (χ3v) is 4.46. The van der Waals surface area contributed by atoms with Gasteiger partial charge in [0.15, 0.2) is 0 Å². The van der Waals surface area contributed by atoms with Gasteiger partial charge in [-0.05, 0) is 35.9 Å². The van der Waals surface area contributed by atoms with Crippen molar-refractivity contribution >= 4 is 34.8 Å². The number of amides is 1. The van der Waals surface area contributed by atoms with Crippen LogP contribution in [0.25, 0.3) is 11.6 Å². The summed E-state index contributed by atoms with van der Waals surface area (Å²) in [6, 6.07) is 23.0. The molecule has 0 aliphatic carbocycles. The van der Waals surface area contributed by atoms with E-state index in [9.17, 15) is 4.79 Å². The van der Waals surface area contributed by atoms with E-state index in [2.05, 4.69) is 5.32 Å². The van der Waals surface area contributed by atoms with E-state index in [0.717, 1.165) is 28.1 Å². The number of para-hydroxylation sites is 1. The summed E-state index contributed by atoms with van der Waals surface area (Å²) in [7, 11) is 0. The van der Waals surface area contributed by atoms with Crippen LogP contribution in [-0.2, 0) is 11.4 Å². The average molecular weight is 362 g/mol. The summed E-state index contributed by atoms with van der Waals surface area (Å²) >= 11 is 6.10. The Morgan fingerprint density at radius 3 is 2.58 bits per heavy atom. The molecule has 4 heteroatoms. The van der Waals surface area contributed by atoms with Crippen molar-refractivity contribution in [1.82, 2.24) is 0 Å². The van der Waals surface area contributed by atoms with Gasteiger partial charge in [-0.3, -0.25) is 4.79 Å². The Kier molecular flexibility index (Phi) is 4.46. The minimum Gasteiger partial charge on any atom is -0.488 e. The monoisotopic (exact) mass is 361 g/mol. The van der Waals surface area contributed by atoms with Gasteiger partial charge in [0.25, 0.3) is 5.91 Å². The second-order valence-corrected chi connectivity index (χ2v) is 6.45. The molecule has 0 saturated carbocycles. The number of halogens is 1. The van der Waals surface area contributed by atoms with Gasteiger partial charge in [-0.1, -0.05) is 60.1 Å². The predicted octanol–water partition coefficient (Wildman–Crippen LogP) is 5.41. The molecule has 0 spiro atoms. The Hall–Kier alpha value is -3.04. The van der Waals surface area contributed by atoms with Gasteiger partial charge in [-0.15, -0.1) is 0 Å². The molecular formula is C22H16ClNO2. The summed E-state index contributed by atoms with van der Waals surface area (Å²) in [4.78, 5) is 12.4. The van der Waals surface area contributed by atoms with Crippen LogP contribution in [0.5, 0.6) is 5.75 Å². The normalized spacial score (nSPS) is 14.2. The molecule has 0 aromatic heterocycles. The highest BCUT2D eigenvalue weighted by Crippen LogP contribution is 2.36. The lowest BCUT2D eigenvalue weighted by atomic mass is 10.0. The lowest BCUT2D eigenvalue weighted by molar-refractivity contribution is -0.110. The fourth-order valence-corrected chi connectivity index (χ4v) is 3.10. The molecule has 0 fully saturated rings. The maximum Gasteiger partial charge on any atom is 0.256 e. The third-order valence-electron chi connectivity index (χ3n) is 4.22. The van der Waals surface area contributed by atoms with Crippen molar-refractivity contribution in [3.8, 4) is 5.75 Å². The van der Waals surface area contributed by atoms with E-state index in [1.165, 1.54) is 0 Å². The summed E-state index contributed by atoms with van der Waals surface area (Å²) < 4.78 is 5.98. The maximum atomic E-state index is 12.4. The van der Waals surface area contributed by atoms with Gasteiger partial charge < -0.3 is 10.1 Å². The zero-order valence-corrected chi connectivity index (χ0v) is 14.7. The fourth-order valence-electron chi connectivity index (χ4n) is 2.93. The molecule has 1 N–H and O–H groups in total. The third kappa shape index (κ3) is 3.35. The Morgan fingerprint density at radius 1 is 0.962 bits per heavy atom. The van der Waals surface area contributed by atoms with Crippen LogP contribution >= 0.6 is 11.6 Å². The molecule has 0 saturated heterocycles. The molecule has 1 aliphatic heterocycles. The molecule has 0 bridgehead atoms. The van der Waals surface area contributed by atoms with Gasteiger partial charge >= 0.3 is 0 Å². The number of rotatable bonds is 4. The molecule has 3 nitrogen and oxygen atoms in total. The largest absolute Gasteiger partial charge is 0.488 e. The van der Waals surface area contributed by atoms with E-state index in [-0.39, 0.29) is 5.91 Å². The zero-order chi connectivity index (χ0) is 17.9. The van der Waals surface area contributed by atoms with Gasteiger partial charge in [0.1, 0.15) is 12.4 Å². The Balaban J connectivity index is 1.66. The van der Waals surface area contributed by atoms with E-state index >= 15 is 0 Å². The van der Waals surface area contributed by atoms with E-state index in [4.69, 9.17) is 16.3 Å². The summed E-state index contributed by atoms with van der Waals surface area (Å²) in [5, 5.41) is 3.46. The van der Waals surface area contributed by atoms with Crippen LogP contribution in [0, 0.1) is 0 Å². The molecule has 4 rings (SSSR count). The molecule has 26 heavy (non-hydrogen) atoms. The molecule has 0 unspecified atom stereocenters. The van der Waals surface area contributed by atoms with E-state index < -0.39 is 0 Å². The summed E-state index contributed by atoms with van der Waals surface area (Å²) in [5.74, 6) is 0.590. The zero-order valence-electron chi connectivity index (χ0n) is 13.9. The number of hydrogen-bond acceptors (Lipinski definition) is 2. The van der Waals surface area contributed by atoms with Crippen LogP contribution in [0.4, 0.5) is 5.69 Å². The number of fused-ring (bicyclic) bond motifs is 1. The molecule has 1 heterocycles. The first-order valence-corrected chi connectivity index (χ1v) is 8.67. The number of carbonyl (C=O) groups is 1. The summed E-state index contributed by atoms with van der Waals surface area (Å²) in [5.41, 5.74) is 4.10. The van der Waals surface area contributed by atoms with Crippen LogP contribution in [0.2, 0.25) is 5.02 Å². The van der Waals surface area contributed by atoms with Crippen molar-refractivity contribution < 1.29 is 9.53 Å². The second kappa shape index (κ2) is 7.06. The topological polar surface area (TPSA) is 38.3 Å². The highest BCUT2D eigenvalue weighted by Gasteiger charge is 2.24. The van der Waals surface area contributed by atoms with Gasteiger partial charge in [-0.25, -0.2) is 0 Å². The van der Waals surface area contributed by atoms with Gasteiger partial charge in [0.2, 0.25) is 0 Å². The van der Waals surface area contributed by atoms with E-state index in [1.807, 2.05) is 66.7 Å². The van der Waals surface area contributed by atoms with Gasteiger partial charge in [0, 0.05) is 27.4 Å². The van der Waals surface area contributed by atoms with Crippen molar-refractivity contribution in [3.05, 3.63) is 94.5 Å². The van der Waals surface area contributed by atoms with Crippen molar-refractivity contribution in [2.45, 2.75) is 6.61 Å². The highest BCUT2D eigenvalue weighted by molar-refractivity contribution is 6.36. The SMILES string of the molecule is O=C1Nc2ccc(Cl)cc2C1=Cc1ccccc1OCc1ccccc1. The van der Waals surface area contributed by atoms with Crippen molar-refractivity contribution in [1.29, 1.82) is 0 Å². The summed E-state index contributed by atoms with van der Waals surface area (Å²) in [6.07, 6.45) is 1.85. The van der Waals surface area contributed by atoms with Crippen LogP contribution < -0.4 is 10.1 Å². The molecule has 1 aliphatic rings. The molecule has 0 atom stereocenters. The average Bonchev–Trinajstić information content (AvgIpc) is 2.97. The van der Waals surface area contributed by atoms with Crippen molar-refractivity contribution in [2.75, 3.05) is 5.32 Å². The molecule has 0 radical (unpaired) electrons. The van der Waals surface area contributed by atoms with Crippen molar-refractivity contribution in [2.24, 2.45) is 0 Å². The number of carbonyl (C=O) groups excluding carboxylic acids is 1. The Labute approximate surface area is 156 Å². The smallest absolute Gasteiger partial charge is 0.256 e. The minimum atomic E-state index is -0.139. The quantitative estimate of drug-likeness (QED) is 0.631. The molecule has 3 aromatic carbocycles. The fraction of sp³-hybridized carbons (Fsp3) is 0.0455. The first-order chi connectivity index (χ1) is 12.7. The van der Waals surface area contributed by atoms with Crippen LogP contribution in [0.3, 0.4) is 0 Å². The first-order valence-electron chi connectivity index (χ1n) is 8.29. The number of ether oxygens (including phenoxy) is 1. The standard InChI is InChI=1S/C22H16ClNO2/c23-17-10-11-20-18(13-17)19(22(25)24-20)12-16-8-4-5-9-21(16)26-14-15-6-2-1-3-7-15/h1-13H,14H2,(H,24,25). The number of anilines is 1. The van der Waals surface area contributed by atoms with Gasteiger partial charge in [0.05, 0.1) is 0 Å². The lowest BCUT2D eigenvalue weighted by Gasteiger charge is -2.10. The Morgan fingerprint density at radius 2 is 1.73 bits per heavy atom. The second-order valence-electron chi connectivity index (χ2n) is 6.01. The van der Waals surface area contributed by atoms with Gasteiger partial charge in [-0.2, -0.15) is 0 Å². The Bertz CT molecular complexity index is 996. The number of nitrogens with one attached hydrogen (secondary N) is 1. The van der Waals surface area contributed by atoms with Crippen LogP contribution in [0.1, 0.15) is 16.7 Å². The molecule has 128 valence electrons. The van der Waals surface area contributed by atoms with E-state index in [0.29, 0.717) is 17.2 Å². The maximum absolute atomic E-state index is 12.4. The lowest BCUT2D eigenvalue weighted by Crippen LogP contribution is -2.03. The van der Waals surface area contributed by atoms with Crippen LogP contribution in [0.15, 0.2) is 72.8 Å². The van der Waals surface area contributed by atoms with E-state index in [1.54, 1.807) is 12.1 Å². The minimum absolute atomic E-state index is 0.139. The summed E-state index contributed by atoms with van der Waals surface area (Å²) in [6.45, 7) is 0.468. The van der Waals surface area contributed by atoms with Crippen LogP contribution in [-0.4, -0.2) is 5.91 Å². The highest BCUT2D eigenvalue weighted by atomic mass is 35.5. The number of benzene rings is 3. The predicted molar refractivity (Wildman–Crippen MR) is 105 cm³/mol.